The Bertz CT molecular complexity index is 981. The summed E-state index contributed by atoms with van der Waals surface area (Å²) < 4.78 is 39.3. The number of alkyl halides is 3. The Morgan fingerprint density at radius 3 is 2.25 bits per heavy atom. The zero-order valence-electron chi connectivity index (χ0n) is 15.0. The van der Waals surface area contributed by atoms with E-state index in [9.17, 15) is 18.0 Å². The summed E-state index contributed by atoms with van der Waals surface area (Å²) in [7, 11) is 0. The third kappa shape index (κ3) is 4.65. The first-order valence-corrected chi connectivity index (χ1v) is 8.52. The number of hydrogen-bond donors (Lipinski definition) is 0. The Morgan fingerprint density at radius 2 is 1.61 bits per heavy atom. The first-order valence-electron chi connectivity index (χ1n) is 8.52. The highest BCUT2D eigenvalue weighted by Crippen LogP contribution is 2.32. The molecule has 0 fully saturated rings. The monoisotopic (exact) mass is 382 g/mol. The number of halogens is 3. The molecule has 0 saturated heterocycles. The van der Waals surface area contributed by atoms with Crippen molar-refractivity contribution in [3.8, 4) is 0 Å². The summed E-state index contributed by atoms with van der Waals surface area (Å²) in [5, 5.41) is 5.16. The summed E-state index contributed by atoms with van der Waals surface area (Å²) in [5.74, 6) is -0.522. The van der Waals surface area contributed by atoms with Gasteiger partial charge in [0.25, 0.3) is 5.91 Å². The van der Waals surface area contributed by atoms with Crippen LogP contribution in [0.4, 0.5) is 18.9 Å². The van der Waals surface area contributed by atoms with Gasteiger partial charge in [-0.25, -0.2) is 0 Å². The van der Waals surface area contributed by atoms with Crippen molar-refractivity contribution in [1.29, 1.82) is 0 Å². The molecule has 0 aromatic heterocycles. The molecular weight excluding hydrogens is 365 g/mol. The largest absolute Gasteiger partial charge is 0.416 e. The maximum absolute atomic E-state index is 13.1. The highest BCUT2D eigenvalue weighted by atomic mass is 19.4. The predicted octanol–water partition coefficient (Wildman–Crippen LogP) is 5.69. The fourth-order valence-corrected chi connectivity index (χ4v) is 2.53. The summed E-state index contributed by atoms with van der Waals surface area (Å²) in [5.41, 5.74) is 1.20. The SMILES string of the molecule is Cc1ccc(C(=O)N(/N=C/c2ccccc2)c2cccc(C(F)(F)F)c2)cc1. The molecule has 1 amide bonds. The molecule has 0 spiro atoms. The maximum Gasteiger partial charge on any atom is 0.416 e. The van der Waals surface area contributed by atoms with Crippen LogP contribution in [0.5, 0.6) is 0 Å². The molecule has 0 aliphatic carbocycles. The molecule has 28 heavy (non-hydrogen) atoms. The van der Waals surface area contributed by atoms with Gasteiger partial charge in [-0.15, -0.1) is 0 Å². The van der Waals surface area contributed by atoms with Crippen molar-refractivity contribution in [1.82, 2.24) is 0 Å². The van der Waals surface area contributed by atoms with Crippen LogP contribution in [0.25, 0.3) is 0 Å². The number of carbonyl (C=O) groups excluding carboxylic acids is 1. The van der Waals surface area contributed by atoms with Gasteiger partial charge in [-0.1, -0.05) is 54.1 Å². The van der Waals surface area contributed by atoms with Crippen molar-refractivity contribution in [2.45, 2.75) is 13.1 Å². The number of amides is 1. The molecular formula is C22H17F3N2O. The lowest BCUT2D eigenvalue weighted by Crippen LogP contribution is -2.26. The van der Waals surface area contributed by atoms with Crippen LogP contribution in [0.2, 0.25) is 0 Å². The van der Waals surface area contributed by atoms with Crippen LogP contribution in [0, 0.1) is 6.92 Å². The van der Waals surface area contributed by atoms with Gasteiger partial charge in [0.2, 0.25) is 0 Å². The lowest BCUT2D eigenvalue weighted by atomic mass is 10.1. The molecule has 0 aliphatic heterocycles. The highest BCUT2D eigenvalue weighted by Gasteiger charge is 2.31. The van der Waals surface area contributed by atoms with E-state index in [-0.39, 0.29) is 5.69 Å². The van der Waals surface area contributed by atoms with Crippen LogP contribution in [-0.2, 0) is 6.18 Å². The van der Waals surface area contributed by atoms with Gasteiger partial charge in [0.05, 0.1) is 17.5 Å². The Kier molecular flexibility index (Phi) is 5.59. The number of hydrazone groups is 1. The minimum Gasteiger partial charge on any atom is -0.267 e. The van der Waals surface area contributed by atoms with Gasteiger partial charge in [0.1, 0.15) is 0 Å². The van der Waals surface area contributed by atoms with Gasteiger partial charge < -0.3 is 0 Å². The van der Waals surface area contributed by atoms with Crippen molar-refractivity contribution in [3.63, 3.8) is 0 Å². The van der Waals surface area contributed by atoms with E-state index in [0.29, 0.717) is 5.56 Å². The van der Waals surface area contributed by atoms with Crippen molar-refractivity contribution in [2.24, 2.45) is 5.10 Å². The number of benzene rings is 3. The van der Waals surface area contributed by atoms with Crippen LogP contribution in [0.15, 0.2) is 84.0 Å². The molecule has 3 aromatic carbocycles. The van der Waals surface area contributed by atoms with E-state index >= 15 is 0 Å². The average Bonchev–Trinajstić information content (AvgIpc) is 2.69. The van der Waals surface area contributed by atoms with Crippen LogP contribution in [0.3, 0.4) is 0 Å². The molecule has 0 N–H and O–H groups in total. The van der Waals surface area contributed by atoms with Crippen LogP contribution < -0.4 is 5.01 Å². The Morgan fingerprint density at radius 1 is 0.929 bits per heavy atom. The first-order chi connectivity index (χ1) is 13.3. The third-order valence-corrected chi connectivity index (χ3v) is 4.03. The number of rotatable bonds is 4. The Labute approximate surface area is 160 Å². The second-order valence-corrected chi connectivity index (χ2v) is 6.19. The van der Waals surface area contributed by atoms with E-state index in [0.717, 1.165) is 28.3 Å². The summed E-state index contributed by atoms with van der Waals surface area (Å²) in [6, 6.07) is 20.3. The number of aryl methyl sites for hydroxylation is 1. The first kappa shape index (κ1) is 19.4. The van der Waals surface area contributed by atoms with Gasteiger partial charge in [0, 0.05) is 5.56 Å². The Hall–Kier alpha value is -3.41. The van der Waals surface area contributed by atoms with Crippen molar-refractivity contribution in [2.75, 3.05) is 5.01 Å². The number of hydrogen-bond acceptors (Lipinski definition) is 2. The van der Waals surface area contributed by atoms with Gasteiger partial charge in [-0.2, -0.15) is 23.3 Å². The zero-order valence-corrected chi connectivity index (χ0v) is 15.0. The van der Waals surface area contributed by atoms with Crippen molar-refractivity contribution >= 4 is 17.8 Å². The molecule has 3 aromatic rings. The van der Waals surface area contributed by atoms with Crippen molar-refractivity contribution in [3.05, 3.63) is 101 Å². The number of nitrogens with zero attached hydrogens (tertiary/aromatic N) is 2. The summed E-state index contributed by atoms with van der Waals surface area (Å²) in [4.78, 5) is 13.0. The van der Waals surface area contributed by atoms with E-state index in [1.54, 1.807) is 48.5 Å². The van der Waals surface area contributed by atoms with Gasteiger partial charge in [-0.05, 0) is 42.8 Å². The van der Waals surface area contributed by atoms with E-state index in [4.69, 9.17) is 0 Å². The third-order valence-electron chi connectivity index (χ3n) is 4.03. The minimum atomic E-state index is -4.52. The second kappa shape index (κ2) is 8.08. The topological polar surface area (TPSA) is 32.7 Å². The van der Waals surface area contributed by atoms with E-state index in [1.807, 2.05) is 13.0 Å². The fraction of sp³-hybridized carbons (Fsp3) is 0.0909. The lowest BCUT2D eigenvalue weighted by Gasteiger charge is -2.19. The smallest absolute Gasteiger partial charge is 0.267 e. The highest BCUT2D eigenvalue weighted by molar-refractivity contribution is 6.06. The average molecular weight is 382 g/mol. The molecule has 0 atom stereocenters. The van der Waals surface area contributed by atoms with E-state index in [1.165, 1.54) is 18.3 Å². The standard InChI is InChI=1S/C22H17F3N2O/c1-16-10-12-18(13-11-16)21(28)27(26-15-17-6-3-2-4-7-17)20-9-5-8-19(14-20)22(23,24)25/h2-15H,1H3/b26-15+. The molecule has 3 rings (SSSR count). The molecule has 142 valence electrons. The van der Waals surface area contributed by atoms with Crippen LogP contribution in [-0.4, -0.2) is 12.1 Å². The quantitative estimate of drug-likeness (QED) is 0.421. The van der Waals surface area contributed by atoms with Gasteiger partial charge in [-0.3, -0.25) is 4.79 Å². The predicted molar refractivity (Wildman–Crippen MR) is 103 cm³/mol. The van der Waals surface area contributed by atoms with Crippen LogP contribution in [0.1, 0.15) is 27.0 Å². The Balaban J connectivity index is 2.02. The van der Waals surface area contributed by atoms with E-state index in [2.05, 4.69) is 5.10 Å². The molecule has 0 saturated carbocycles. The minimum absolute atomic E-state index is 0.0348. The molecule has 0 bridgehead atoms. The summed E-state index contributed by atoms with van der Waals surface area (Å²) in [6.45, 7) is 1.88. The van der Waals surface area contributed by atoms with E-state index < -0.39 is 17.6 Å². The normalized spacial score (nSPS) is 11.6. The second-order valence-electron chi connectivity index (χ2n) is 6.19. The lowest BCUT2D eigenvalue weighted by molar-refractivity contribution is -0.137. The number of carbonyl (C=O) groups is 1. The summed E-state index contributed by atoms with van der Waals surface area (Å²) >= 11 is 0. The maximum atomic E-state index is 13.1. The molecule has 0 unspecified atom stereocenters. The molecule has 6 heteroatoms. The zero-order chi connectivity index (χ0) is 20.1. The molecule has 0 radical (unpaired) electrons. The number of anilines is 1. The van der Waals surface area contributed by atoms with Crippen molar-refractivity contribution < 1.29 is 18.0 Å². The fourth-order valence-electron chi connectivity index (χ4n) is 2.53. The van der Waals surface area contributed by atoms with Crippen LogP contribution >= 0.6 is 0 Å². The molecule has 0 aliphatic rings. The van der Waals surface area contributed by atoms with Gasteiger partial charge >= 0.3 is 6.18 Å². The van der Waals surface area contributed by atoms with Gasteiger partial charge in [0.15, 0.2) is 0 Å². The molecule has 0 heterocycles. The summed E-state index contributed by atoms with van der Waals surface area (Å²) in [6.07, 6.45) is -3.08. The molecule has 3 nitrogen and oxygen atoms in total.